The predicted molar refractivity (Wildman–Crippen MR) is 204 cm³/mol. The number of rotatable bonds is 10. The van der Waals surface area contributed by atoms with Crippen LogP contribution in [0.25, 0.3) is 41.8 Å². The van der Waals surface area contributed by atoms with Crippen LogP contribution in [0.15, 0.2) is 24.5 Å². The molecular weight excluding hydrogens is 733 g/mol. The van der Waals surface area contributed by atoms with Crippen LogP contribution < -0.4 is 10.6 Å². The second-order valence-electron chi connectivity index (χ2n) is 14.3. The molecule has 54 heavy (non-hydrogen) atoms. The number of alkyl carbamates (subject to hydrolysis) is 2. The van der Waals surface area contributed by atoms with E-state index in [1.54, 1.807) is 22.2 Å². The number of carbonyl (C=O) groups is 4. The van der Waals surface area contributed by atoms with Crippen molar-refractivity contribution in [3.05, 3.63) is 36.2 Å². The Morgan fingerprint density at radius 3 is 1.50 bits per heavy atom. The number of hydrogen-bond donors (Lipinski definition) is 4. The topological polar surface area (TPSA) is 200 Å². The van der Waals surface area contributed by atoms with E-state index in [1.807, 2.05) is 39.8 Å². The number of ether oxygens (including phenoxy) is 2. The molecule has 4 N–H and O–H groups in total. The maximum Gasteiger partial charge on any atom is 0.407 e. The van der Waals surface area contributed by atoms with Gasteiger partial charge in [0.2, 0.25) is 11.8 Å². The van der Waals surface area contributed by atoms with Crippen molar-refractivity contribution in [2.24, 2.45) is 11.8 Å². The molecule has 2 saturated heterocycles. The van der Waals surface area contributed by atoms with Crippen molar-refractivity contribution in [2.75, 3.05) is 27.3 Å². The number of fused-ring (bicyclic) bond motifs is 2. The third-order valence-corrected chi connectivity index (χ3v) is 12.1. The van der Waals surface area contributed by atoms with Crippen LogP contribution in [0.2, 0.25) is 0 Å². The van der Waals surface area contributed by atoms with Crippen molar-refractivity contribution >= 4 is 67.1 Å². The molecule has 0 spiro atoms. The number of H-pyrrole nitrogens is 2. The molecule has 4 aromatic heterocycles. The molecule has 0 saturated carbocycles. The Bertz CT molecular complexity index is 1990. The van der Waals surface area contributed by atoms with Crippen molar-refractivity contribution < 1.29 is 28.7 Å². The van der Waals surface area contributed by atoms with Gasteiger partial charge in [-0.05, 0) is 49.7 Å². The lowest BCUT2D eigenvalue weighted by Gasteiger charge is -2.29. The van der Waals surface area contributed by atoms with Crippen molar-refractivity contribution in [3.8, 4) is 21.4 Å². The zero-order valence-corrected chi connectivity index (χ0v) is 32.6. The third-order valence-electron chi connectivity index (χ3n) is 10.0. The lowest BCUT2D eigenvalue weighted by molar-refractivity contribution is -0.136. The first-order chi connectivity index (χ1) is 25.9. The molecule has 0 bridgehead atoms. The Balaban J connectivity index is 1.07. The second-order valence-corrected chi connectivity index (χ2v) is 16.3. The predicted octanol–water partition coefficient (Wildman–Crippen LogP) is 5.77. The number of hydrogen-bond acceptors (Lipinski definition) is 12. The summed E-state index contributed by atoms with van der Waals surface area (Å²) in [5.74, 6) is 0.817. The summed E-state index contributed by atoms with van der Waals surface area (Å²) < 4.78 is 11.5. The summed E-state index contributed by atoms with van der Waals surface area (Å²) in [5, 5.41) is 6.93. The first-order valence-electron chi connectivity index (χ1n) is 18.1. The lowest BCUT2D eigenvalue weighted by atomic mass is 10.0. The second kappa shape index (κ2) is 15.3. The molecule has 286 valence electrons. The number of aromatic nitrogens is 6. The highest BCUT2D eigenvalue weighted by atomic mass is 32.1. The Hall–Kier alpha value is -5.10. The Morgan fingerprint density at radius 2 is 1.13 bits per heavy atom. The van der Waals surface area contributed by atoms with E-state index in [0.29, 0.717) is 24.7 Å². The summed E-state index contributed by atoms with van der Waals surface area (Å²) in [4.78, 5) is 80.6. The van der Waals surface area contributed by atoms with E-state index in [9.17, 15) is 19.2 Å². The minimum atomic E-state index is -0.704. The molecule has 1 aromatic carbocycles. The van der Waals surface area contributed by atoms with Gasteiger partial charge in [0, 0.05) is 13.1 Å². The van der Waals surface area contributed by atoms with E-state index in [-0.39, 0.29) is 35.7 Å². The minimum Gasteiger partial charge on any atom is -0.453 e. The highest BCUT2D eigenvalue weighted by molar-refractivity contribution is 7.23. The van der Waals surface area contributed by atoms with Gasteiger partial charge in [0.15, 0.2) is 0 Å². The molecule has 0 aliphatic carbocycles. The molecule has 7 rings (SSSR count). The van der Waals surface area contributed by atoms with Gasteiger partial charge in [-0.15, -0.1) is 22.7 Å². The van der Waals surface area contributed by atoms with Crippen LogP contribution in [0.5, 0.6) is 0 Å². The fraction of sp³-hybridized carbons (Fsp3) is 0.500. The number of likely N-dealkylation sites (tertiary alicyclic amines) is 2. The SMILES string of the molecule is COC(=O)NC(C(=O)N1CCC[C@H]1c1ncc(-c2nc3cc4sc(-c5cnc([C@@H]6CCCN6C(=O)[C@H](NC(=O)OC)C(C)C)[nH]5)nc4cc3s2)[nH]1)C(C)C. The maximum absolute atomic E-state index is 13.6. The van der Waals surface area contributed by atoms with Gasteiger partial charge in [-0.3, -0.25) is 9.59 Å². The van der Waals surface area contributed by atoms with Gasteiger partial charge in [-0.1, -0.05) is 27.7 Å². The molecule has 2 aliphatic heterocycles. The van der Waals surface area contributed by atoms with Crippen LogP contribution in [0.3, 0.4) is 0 Å². The summed E-state index contributed by atoms with van der Waals surface area (Å²) in [5.41, 5.74) is 3.21. The summed E-state index contributed by atoms with van der Waals surface area (Å²) >= 11 is 3.07. The van der Waals surface area contributed by atoms with Crippen LogP contribution >= 0.6 is 22.7 Å². The summed E-state index contributed by atoms with van der Waals surface area (Å²) in [6.45, 7) is 8.72. The fourth-order valence-electron chi connectivity index (χ4n) is 7.19. The fourth-order valence-corrected chi connectivity index (χ4v) is 9.09. The number of nitrogens with zero attached hydrogens (tertiary/aromatic N) is 6. The minimum absolute atomic E-state index is 0.119. The quantitative estimate of drug-likeness (QED) is 0.135. The highest BCUT2D eigenvalue weighted by Gasteiger charge is 2.39. The Kier molecular flexibility index (Phi) is 10.6. The molecule has 5 aromatic rings. The van der Waals surface area contributed by atoms with E-state index in [1.165, 1.54) is 36.9 Å². The van der Waals surface area contributed by atoms with Crippen LogP contribution in [0.1, 0.15) is 77.1 Å². The lowest BCUT2D eigenvalue weighted by Crippen LogP contribution is -2.51. The Labute approximate surface area is 319 Å². The first-order valence-corrected chi connectivity index (χ1v) is 19.7. The van der Waals surface area contributed by atoms with Crippen LogP contribution in [-0.4, -0.2) is 103 Å². The smallest absolute Gasteiger partial charge is 0.407 e. The average molecular weight is 777 g/mol. The molecule has 16 nitrogen and oxygen atoms in total. The van der Waals surface area contributed by atoms with Gasteiger partial charge in [0.1, 0.15) is 33.7 Å². The number of methoxy groups -OCH3 is 2. The van der Waals surface area contributed by atoms with Crippen LogP contribution in [0, 0.1) is 11.8 Å². The number of carbonyl (C=O) groups excluding carboxylic acids is 4. The van der Waals surface area contributed by atoms with Gasteiger partial charge in [0.05, 0.1) is 70.5 Å². The molecule has 0 radical (unpaired) electrons. The molecule has 18 heteroatoms. The van der Waals surface area contributed by atoms with Gasteiger partial charge < -0.3 is 39.9 Å². The summed E-state index contributed by atoms with van der Waals surface area (Å²) in [6.07, 6.45) is 5.42. The number of amides is 4. The average Bonchev–Trinajstić information content (AvgIpc) is 4.00. The van der Waals surface area contributed by atoms with E-state index in [4.69, 9.17) is 19.4 Å². The van der Waals surface area contributed by atoms with Crippen molar-refractivity contribution in [1.29, 1.82) is 0 Å². The first kappa shape index (κ1) is 37.2. The molecule has 4 atom stereocenters. The number of imidazole rings is 2. The number of benzene rings is 1. The number of nitrogens with one attached hydrogen (secondary N) is 4. The summed E-state index contributed by atoms with van der Waals surface area (Å²) in [6, 6.07) is 2.18. The van der Waals surface area contributed by atoms with E-state index in [0.717, 1.165) is 67.5 Å². The number of thiazole rings is 2. The van der Waals surface area contributed by atoms with E-state index in [2.05, 4.69) is 30.6 Å². The summed E-state index contributed by atoms with van der Waals surface area (Å²) in [7, 11) is 2.57. The normalized spacial score (nSPS) is 18.5. The standard InChI is InChI=1S/C36H44N10O6S2/c1-17(2)27(43-35(49)51-5)33(47)45-11-7-9-23(45)29-37-15-21(39-29)31-41-19-13-26-20(14-25(19)53-31)42-32(54-26)22-16-38-30(40-22)24-10-8-12-46(24)34(48)28(18(3)4)44-36(50)52-6/h13-18,23-24,27-28H,7-12H2,1-6H3,(H,37,39)(H,38,40)(H,43,49)(H,44,50)/t23-,24-,27+,28?/m0/s1. The molecular formula is C36H44N10O6S2. The van der Waals surface area contributed by atoms with E-state index >= 15 is 0 Å². The largest absolute Gasteiger partial charge is 0.453 e. The molecule has 2 fully saturated rings. The van der Waals surface area contributed by atoms with Crippen molar-refractivity contribution in [2.45, 2.75) is 77.5 Å². The maximum atomic E-state index is 13.6. The zero-order valence-electron chi connectivity index (χ0n) is 31.0. The molecule has 2 aliphatic rings. The third kappa shape index (κ3) is 7.23. The molecule has 6 heterocycles. The van der Waals surface area contributed by atoms with E-state index < -0.39 is 24.3 Å². The number of aromatic amines is 2. The monoisotopic (exact) mass is 776 g/mol. The molecule has 1 unspecified atom stereocenters. The van der Waals surface area contributed by atoms with Crippen LogP contribution in [-0.2, 0) is 19.1 Å². The van der Waals surface area contributed by atoms with Gasteiger partial charge >= 0.3 is 12.2 Å². The van der Waals surface area contributed by atoms with Gasteiger partial charge in [0.25, 0.3) is 0 Å². The zero-order chi connectivity index (χ0) is 38.3. The van der Waals surface area contributed by atoms with Crippen molar-refractivity contribution in [3.63, 3.8) is 0 Å². The highest BCUT2D eigenvalue weighted by Crippen LogP contribution is 2.39. The van der Waals surface area contributed by atoms with Gasteiger partial charge in [-0.25, -0.2) is 29.5 Å². The van der Waals surface area contributed by atoms with Gasteiger partial charge in [-0.2, -0.15) is 0 Å². The van der Waals surface area contributed by atoms with Crippen molar-refractivity contribution in [1.82, 2.24) is 50.3 Å². The molecule has 4 amide bonds. The Morgan fingerprint density at radius 1 is 0.722 bits per heavy atom. The van der Waals surface area contributed by atoms with Crippen LogP contribution in [0.4, 0.5) is 9.59 Å².